The van der Waals surface area contributed by atoms with E-state index in [1.807, 2.05) is 12.1 Å². The molecule has 0 saturated carbocycles. The Bertz CT molecular complexity index is 3550. The second-order valence-electron chi connectivity index (χ2n) is 15.3. The largest absolute Gasteiger partial charge is 0.456 e. The average Bonchev–Trinajstić information content (AvgIpc) is 3.86. The van der Waals surface area contributed by atoms with Crippen molar-refractivity contribution in [2.75, 3.05) is 4.90 Å². The number of nitrogens with zero attached hydrogens (tertiary/aromatic N) is 1. The Morgan fingerprint density at radius 2 is 0.847 bits per heavy atom. The quantitative estimate of drug-likeness (QED) is 0.169. The van der Waals surface area contributed by atoms with Crippen LogP contribution < -0.4 is 4.90 Å². The summed E-state index contributed by atoms with van der Waals surface area (Å²) in [6, 6.07) is 75.8. The van der Waals surface area contributed by atoms with E-state index >= 15 is 0 Å². The van der Waals surface area contributed by atoms with Crippen LogP contribution in [0.1, 0.15) is 0 Å². The maximum absolute atomic E-state index is 6.78. The van der Waals surface area contributed by atoms with Gasteiger partial charge in [0.05, 0.1) is 5.69 Å². The second kappa shape index (κ2) is 13.4. The van der Waals surface area contributed by atoms with Gasteiger partial charge in [0, 0.05) is 44.0 Å². The van der Waals surface area contributed by atoms with Crippen molar-refractivity contribution in [3.8, 4) is 33.4 Å². The third kappa shape index (κ3) is 5.51. The molecule has 12 aromatic rings. The number of hydrogen-bond donors (Lipinski definition) is 0. The van der Waals surface area contributed by atoms with Gasteiger partial charge in [-0.25, -0.2) is 0 Å². The summed E-state index contributed by atoms with van der Waals surface area (Å²) < 4.78 is 12.9. The standard InChI is InChI=1S/C56H35NO2/c1-2-13-40-35-55-51(33-39(40)12-1)49-20-10-19-48(56(49)59-55)46-16-5-7-21-52(46)57(43-30-25-38(26-31-43)45-18-9-14-37-11-3-4-15-44(37)45)42-28-23-36(24-29-42)41-27-32-54-50(34-41)47-17-6-8-22-53(47)58-54/h1-35H. The molecule has 3 heteroatoms. The van der Waals surface area contributed by atoms with Crippen molar-refractivity contribution >= 4 is 82.5 Å². The van der Waals surface area contributed by atoms with Crippen molar-refractivity contribution in [3.63, 3.8) is 0 Å². The van der Waals surface area contributed by atoms with Crippen LogP contribution in [-0.2, 0) is 0 Å². The number of benzene rings is 10. The van der Waals surface area contributed by atoms with Gasteiger partial charge in [-0.05, 0) is 104 Å². The van der Waals surface area contributed by atoms with Gasteiger partial charge in [-0.2, -0.15) is 0 Å². The molecule has 0 radical (unpaired) electrons. The van der Waals surface area contributed by atoms with Crippen molar-refractivity contribution < 1.29 is 8.83 Å². The van der Waals surface area contributed by atoms with Crippen LogP contribution in [0.25, 0.3) is 98.8 Å². The topological polar surface area (TPSA) is 29.5 Å². The minimum Gasteiger partial charge on any atom is -0.456 e. The first-order chi connectivity index (χ1) is 29.2. The van der Waals surface area contributed by atoms with Gasteiger partial charge < -0.3 is 13.7 Å². The van der Waals surface area contributed by atoms with Gasteiger partial charge in [0.15, 0.2) is 0 Å². The maximum Gasteiger partial charge on any atom is 0.143 e. The highest BCUT2D eigenvalue weighted by molar-refractivity contribution is 6.14. The SMILES string of the molecule is c1ccc(N(c2ccc(-c3ccc4oc5ccccc5c4c3)cc2)c2ccc(-c3cccc4ccccc34)cc2)c(-c2cccc3c2oc2cc4ccccc4cc23)c1. The molecule has 0 N–H and O–H groups in total. The zero-order valence-corrected chi connectivity index (χ0v) is 32.0. The summed E-state index contributed by atoms with van der Waals surface area (Å²) >= 11 is 0. The van der Waals surface area contributed by atoms with Crippen LogP contribution in [0.15, 0.2) is 221 Å². The molecule has 0 aliphatic rings. The molecule has 276 valence electrons. The molecule has 0 aliphatic heterocycles. The molecular formula is C56H35NO2. The van der Waals surface area contributed by atoms with E-state index in [0.29, 0.717) is 0 Å². The lowest BCUT2D eigenvalue weighted by molar-refractivity contribution is 0.669. The third-order valence-corrected chi connectivity index (χ3v) is 11.9. The lowest BCUT2D eigenvalue weighted by atomic mass is 9.97. The van der Waals surface area contributed by atoms with E-state index < -0.39 is 0 Å². The minimum absolute atomic E-state index is 0.883. The van der Waals surface area contributed by atoms with E-state index in [1.54, 1.807) is 0 Å². The van der Waals surface area contributed by atoms with Crippen LogP contribution >= 0.6 is 0 Å². The molecule has 0 aliphatic carbocycles. The van der Waals surface area contributed by atoms with E-state index in [2.05, 4.69) is 205 Å². The molecule has 0 spiro atoms. The lowest BCUT2D eigenvalue weighted by Crippen LogP contribution is -2.11. The first-order valence-corrected chi connectivity index (χ1v) is 20.1. The first-order valence-electron chi connectivity index (χ1n) is 20.1. The van der Waals surface area contributed by atoms with Crippen LogP contribution in [0.5, 0.6) is 0 Å². The molecular weight excluding hydrogens is 719 g/mol. The fourth-order valence-electron chi connectivity index (χ4n) is 8.99. The van der Waals surface area contributed by atoms with E-state index in [-0.39, 0.29) is 0 Å². The Hall–Kier alpha value is -7.88. The van der Waals surface area contributed by atoms with Crippen LogP contribution in [0, 0.1) is 0 Å². The number of furan rings is 2. The summed E-state index contributed by atoms with van der Waals surface area (Å²) in [5, 5.41) is 9.33. The second-order valence-corrected chi connectivity index (χ2v) is 15.3. The lowest BCUT2D eigenvalue weighted by Gasteiger charge is -2.28. The zero-order valence-electron chi connectivity index (χ0n) is 32.0. The predicted molar refractivity (Wildman–Crippen MR) is 247 cm³/mol. The molecule has 0 unspecified atom stereocenters. The van der Waals surface area contributed by atoms with Gasteiger partial charge in [0.2, 0.25) is 0 Å². The van der Waals surface area contributed by atoms with Crippen LogP contribution in [0.2, 0.25) is 0 Å². The molecule has 0 atom stereocenters. The number of anilines is 3. The van der Waals surface area contributed by atoms with Crippen molar-refractivity contribution in [2.24, 2.45) is 0 Å². The molecule has 12 rings (SSSR count). The molecule has 0 fully saturated rings. The summed E-state index contributed by atoms with van der Waals surface area (Å²) in [4.78, 5) is 2.37. The summed E-state index contributed by atoms with van der Waals surface area (Å²) in [5.41, 5.74) is 13.6. The van der Waals surface area contributed by atoms with Crippen molar-refractivity contribution in [1.29, 1.82) is 0 Å². The highest BCUT2D eigenvalue weighted by Gasteiger charge is 2.21. The predicted octanol–water partition coefficient (Wildman–Crippen LogP) is 16.3. The first kappa shape index (κ1) is 33.3. The molecule has 10 aromatic carbocycles. The summed E-state index contributed by atoms with van der Waals surface area (Å²) in [6.45, 7) is 0. The highest BCUT2D eigenvalue weighted by Crippen LogP contribution is 2.45. The van der Waals surface area contributed by atoms with Crippen LogP contribution in [0.4, 0.5) is 17.1 Å². The van der Waals surface area contributed by atoms with Gasteiger partial charge in [-0.3, -0.25) is 0 Å². The fourth-order valence-corrected chi connectivity index (χ4v) is 8.99. The van der Waals surface area contributed by atoms with Gasteiger partial charge in [0.25, 0.3) is 0 Å². The van der Waals surface area contributed by atoms with E-state index in [4.69, 9.17) is 8.83 Å². The molecule has 0 saturated heterocycles. The summed E-state index contributed by atoms with van der Waals surface area (Å²) in [7, 11) is 0. The Morgan fingerprint density at radius 3 is 1.68 bits per heavy atom. The van der Waals surface area contributed by atoms with Gasteiger partial charge in [-0.1, -0.05) is 152 Å². The summed E-state index contributed by atoms with van der Waals surface area (Å²) in [5.74, 6) is 0. The molecule has 0 bridgehead atoms. The zero-order chi connectivity index (χ0) is 38.9. The minimum atomic E-state index is 0.883. The van der Waals surface area contributed by atoms with Gasteiger partial charge in [0.1, 0.15) is 22.3 Å². The monoisotopic (exact) mass is 753 g/mol. The Kier molecular flexibility index (Phi) is 7.54. The van der Waals surface area contributed by atoms with Crippen LogP contribution in [-0.4, -0.2) is 0 Å². The Labute approximate surface area is 340 Å². The smallest absolute Gasteiger partial charge is 0.143 e. The maximum atomic E-state index is 6.78. The molecule has 0 amide bonds. The Balaban J connectivity index is 1.01. The van der Waals surface area contributed by atoms with Crippen molar-refractivity contribution in [3.05, 3.63) is 212 Å². The number of fused-ring (bicyclic) bond motifs is 8. The van der Waals surface area contributed by atoms with Crippen molar-refractivity contribution in [2.45, 2.75) is 0 Å². The van der Waals surface area contributed by atoms with Crippen molar-refractivity contribution in [1.82, 2.24) is 0 Å². The fraction of sp³-hybridized carbons (Fsp3) is 0. The van der Waals surface area contributed by atoms with Crippen LogP contribution in [0.3, 0.4) is 0 Å². The molecule has 59 heavy (non-hydrogen) atoms. The van der Waals surface area contributed by atoms with E-state index in [9.17, 15) is 0 Å². The molecule has 3 nitrogen and oxygen atoms in total. The molecule has 2 heterocycles. The van der Waals surface area contributed by atoms with E-state index in [0.717, 1.165) is 83.2 Å². The number of para-hydroxylation sites is 3. The molecule has 2 aromatic heterocycles. The average molecular weight is 754 g/mol. The Morgan fingerprint density at radius 1 is 0.288 bits per heavy atom. The van der Waals surface area contributed by atoms with E-state index in [1.165, 1.54) is 32.7 Å². The van der Waals surface area contributed by atoms with Gasteiger partial charge >= 0.3 is 0 Å². The normalized spacial score (nSPS) is 11.7. The third-order valence-electron chi connectivity index (χ3n) is 11.9. The van der Waals surface area contributed by atoms with Gasteiger partial charge in [-0.15, -0.1) is 0 Å². The highest BCUT2D eigenvalue weighted by atomic mass is 16.3. The summed E-state index contributed by atoms with van der Waals surface area (Å²) in [6.07, 6.45) is 0. The number of rotatable bonds is 6. The number of hydrogen-bond acceptors (Lipinski definition) is 3.